The van der Waals surface area contributed by atoms with Crippen molar-refractivity contribution in [2.24, 2.45) is 7.05 Å². The highest BCUT2D eigenvalue weighted by atomic mass is 19.1. The molecule has 3 rings (SSSR count). The van der Waals surface area contributed by atoms with E-state index >= 15 is 0 Å². The Bertz CT molecular complexity index is 1160. The number of rotatable bonds is 6. The third kappa shape index (κ3) is 4.25. The number of hydrogen-bond acceptors (Lipinski definition) is 6. The van der Waals surface area contributed by atoms with Gasteiger partial charge in [0, 0.05) is 7.05 Å². The molecule has 154 valence electrons. The number of para-hydroxylation sites is 2. The molecule has 0 spiro atoms. The minimum atomic E-state index is -1.40. The molecule has 1 N–H and O–H groups in total. The number of aliphatic hydroxyl groups excluding tert-OH is 1. The quantitative estimate of drug-likeness (QED) is 0.377. The summed E-state index contributed by atoms with van der Waals surface area (Å²) in [5.74, 6) is -1.07. The number of hydrogen-bond donors (Lipinski definition) is 1. The molecular formula is C22H20FN3O4. The molecule has 0 atom stereocenters. The van der Waals surface area contributed by atoms with Gasteiger partial charge in [-0.2, -0.15) is 5.26 Å². The van der Waals surface area contributed by atoms with Gasteiger partial charge in [-0.15, -0.1) is 0 Å². The van der Waals surface area contributed by atoms with Crippen LogP contribution < -0.4 is 4.74 Å². The van der Waals surface area contributed by atoms with Crippen LogP contribution in [0.4, 0.5) is 4.39 Å². The molecule has 0 saturated heterocycles. The first-order valence-corrected chi connectivity index (χ1v) is 9.09. The zero-order valence-electron chi connectivity index (χ0n) is 16.7. The molecule has 0 radical (unpaired) electrons. The normalized spacial score (nSPS) is 12.2. The van der Waals surface area contributed by atoms with E-state index in [4.69, 9.17) is 9.47 Å². The predicted molar refractivity (Wildman–Crippen MR) is 108 cm³/mol. The van der Waals surface area contributed by atoms with Crippen molar-refractivity contribution in [3.63, 3.8) is 0 Å². The van der Waals surface area contributed by atoms with Crippen molar-refractivity contribution in [1.82, 2.24) is 9.55 Å². The van der Waals surface area contributed by atoms with Crippen molar-refractivity contribution in [1.29, 1.82) is 5.26 Å². The van der Waals surface area contributed by atoms with Gasteiger partial charge in [-0.3, -0.25) is 0 Å². The Labute approximate surface area is 172 Å². The summed E-state index contributed by atoms with van der Waals surface area (Å²) in [5.41, 5.74) is -0.0398. The van der Waals surface area contributed by atoms with Crippen LogP contribution in [0.3, 0.4) is 0 Å². The van der Waals surface area contributed by atoms with Crippen LogP contribution in [0.15, 0.2) is 54.3 Å². The average Bonchev–Trinajstić information content (AvgIpc) is 3.05. The van der Waals surface area contributed by atoms with Gasteiger partial charge in [0.25, 0.3) is 0 Å². The van der Waals surface area contributed by atoms with Crippen LogP contribution in [-0.4, -0.2) is 32.8 Å². The maximum absolute atomic E-state index is 13.0. The summed E-state index contributed by atoms with van der Waals surface area (Å²) in [6.45, 7) is 2.44. The first-order chi connectivity index (χ1) is 14.2. The van der Waals surface area contributed by atoms with E-state index in [2.05, 4.69) is 4.98 Å². The number of nitriles is 1. The molecule has 0 saturated carbocycles. The summed E-state index contributed by atoms with van der Waals surface area (Å²) in [6.07, 6.45) is 0. The number of fused-ring (bicyclic) bond motifs is 1. The third-order valence-electron chi connectivity index (χ3n) is 4.43. The van der Waals surface area contributed by atoms with Crippen molar-refractivity contribution < 1.29 is 23.8 Å². The first kappa shape index (κ1) is 20.9. The first-order valence-electron chi connectivity index (χ1n) is 9.09. The summed E-state index contributed by atoms with van der Waals surface area (Å²) < 4.78 is 25.4. The molecule has 1 heterocycles. The van der Waals surface area contributed by atoms with Gasteiger partial charge >= 0.3 is 5.97 Å². The van der Waals surface area contributed by atoms with E-state index in [0.717, 1.165) is 5.52 Å². The summed E-state index contributed by atoms with van der Waals surface area (Å²) in [6, 6.07) is 14.4. The fourth-order valence-electron chi connectivity index (χ4n) is 2.83. The predicted octanol–water partition coefficient (Wildman–Crippen LogP) is 3.91. The molecule has 0 aliphatic carbocycles. The van der Waals surface area contributed by atoms with Crippen LogP contribution in [0.25, 0.3) is 16.6 Å². The summed E-state index contributed by atoms with van der Waals surface area (Å²) >= 11 is 0. The standard InChI is InChI=1S/C22H20FN3O4/c1-22(2,30-15-10-8-14(23)9-11-15)21(28)29-13-19(27)16(12-24)20-25-17-6-4-5-7-18(17)26(20)3/h4-11,27H,13H2,1-3H3/b19-16-. The minimum Gasteiger partial charge on any atom is -0.507 e. The van der Waals surface area contributed by atoms with Crippen molar-refractivity contribution in [3.8, 4) is 11.8 Å². The summed E-state index contributed by atoms with van der Waals surface area (Å²) in [7, 11) is 1.72. The second-order valence-electron chi connectivity index (χ2n) is 7.06. The van der Waals surface area contributed by atoms with Crippen molar-refractivity contribution >= 4 is 22.6 Å². The lowest BCUT2D eigenvalue weighted by Gasteiger charge is -2.24. The Morgan fingerprint density at radius 2 is 1.90 bits per heavy atom. The number of carbonyl (C=O) groups is 1. The maximum atomic E-state index is 13.0. The lowest BCUT2D eigenvalue weighted by molar-refractivity contribution is -0.158. The van der Waals surface area contributed by atoms with Crippen LogP contribution in [0, 0.1) is 17.1 Å². The Hall–Kier alpha value is -3.86. The van der Waals surface area contributed by atoms with E-state index in [1.165, 1.54) is 38.1 Å². The van der Waals surface area contributed by atoms with Gasteiger partial charge in [0.2, 0.25) is 0 Å². The number of imidazole rings is 1. The van der Waals surface area contributed by atoms with E-state index in [-0.39, 0.29) is 17.1 Å². The number of esters is 1. The van der Waals surface area contributed by atoms with Crippen molar-refractivity contribution in [2.75, 3.05) is 6.61 Å². The topological polar surface area (TPSA) is 97.4 Å². The lowest BCUT2D eigenvalue weighted by Crippen LogP contribution is -2.40. The molecule has 8 heteroatoms. The number of allylic oxidation sites excluding steroid dienone is 1. The second-order valence-corrected chi connectivity index (χ2v) is 7.06. The Kier molecular flexibility index (Phi) is 5.74. The Morgan fingerprint density at radius 1 is 1.23 bits per heavy atom. The van der Waals surface area contributed by atoms with E-state index in [0.29, 0.717) is 5.52 Å². The molecule has 7 nitrogen and oxygen atoms in total. The molecule has 0 bridgehead atoms. The van der Waals surface area contributed by atoms with Crippen LogP contribution >= 0.6 is 0 Å². The van der Waals surface area contributed by atoms with Gasteiger partial charge in [0.1, 0.15) is 29.8 Å². The largest absolute Gasteiger partial charge is 0.507 e. The van der Waals surface area contributed by atoms with Crippen LogP contribution in [0.1, 0.15) is 19.7 Å². The molecule has 0 unspecified atom stereocenters. The van der Waals surface area contributed by atoms with Crippen LogP contribution in [-0.2, 0) is 16.6 Å². The van der Waals surface area contributed by atoms with Gasteiger partial charge < -0.3 is 19.1 Å². The molecule has 0 amide bonds. The van der Waals surface area contributed by atoms with E-state index in [1.54, 1.807) is 17.7 Å². The zero-order chi connectivity index (χ0) is 21.9. The Morgan fingerprint density at radius 3 is 2.53 bits per heavy atom. The lowest BCUT2D eigenvalue weighted by atomic mass is 10.1. The van der Waals surface area contributed by atoms with E-state index in [1.807, 2.05) is 24.3 Å². The number of aryl methyl sites for hydroxylation is 1. The van der Waals surface area contributed by atoms with Gasteiger partial charge in [0.15, 0.2) is 17.2 Å². The van der Waals surface area contributed by atoms with E-state index in [9.17, 15) is 19.6 Å². The van der Waals surface area contributed by atoms with Crippen LogP contribution in [0.5, 0.6) is 5.75 Å². The molecule has 30 heavy (non-hydrogen) atoms. The molecular weight excluding hydrogens is 389 g/mol. The number of carbonyl (C=O) groups excluding carboxylic acids is 1. The number of ether oxygens (including phenoxy) is 2. The molecule has 1 aromatic heterocycles. The third-order valence-corrected chi connectivity index (χ3v) is 4.43. The fourth-order valence-corrected chi connectivity index (χ4v) is 2.83. The number of benzene rings is 2. The second kappa shape index (κ2) is 8.25. The van der Waals surface area contributed by atoms with Gasteiger partial charge in [-0.25, -0.2) is 14.2 Å². The highest BCUT2D eigenvalue weighted by Crippen LogP contribution is 2.23. The maximum Gasteiger partial charge on any atom is 0.350 e. The number of halogens is 1. The molecule has 0 aliphatic rings. The molecule has 3 aromatic rings. The molecule has 0 aliphatic heterocycles. The number of aromatic nitrogens is 2. The number of nitrogens with zero attached hydrogens (tertiary/aromatic N) is 3. The summed E-state index contributed by atoms with van der Waals surface area (Å²) in [5, 5.41) is 19.9. The fraction of sp³-hybridized carbons (Fsp3) is 0.227. The van der Waals surface area contributed by atoms with Gasteiger partial charge in [-0.1, -0.05) is 12.1 Å². The van der Waals surface area contributed by atoms with Gasteiger partial charge in [0.05, 0.1) is 11.0 Å². The smallest absolute Gasteiger partial charge is 0.350 e. The van der Waals surface area contributed by atoms with Crippen LogP contribution in [0.2, 0.25) is 0 Å². The summed E-state index contributed by atoms with van der Waals surface area (Å²) in [4.78, 5) is 16.8. The zero-order valence-corrected chi connectivity index (χ0v) is 16.7. The van der Waals surface area contributed by atoms with Crippen molar-refractivity contribution in [2.45, 2.75) is 19.4 Å². The monoisotopic (exact) mass is 409 g/mol. The van der Waals surface area contributed by atoms with E-state index < -0.39 is 29.8 Å². The minimum absolute atomic E-state index is 0.0984. The Balaban J connectivity index is 1.76. The highest BCUT2D eigenvalue weighted by molar-refractivity contribution is 5.84. The van der Waals surface area contributed by atoms with Crippen molar-refractivity contribution in [3.05, 3.63) is 65.9 Å². The highest BCUT2D eigenvalue weighted by Gasteiger charge is 2.32. The molecule has 0 fully saturated rings. The SMILES string of the molecule is Cn1c(/C(C#N)=C(\O)COC(=O)C(C)(C)Oc2ccc(F)cc2)nc2ccccc21. The van der Waals surface area contributed by atoms with Gasteiger partial charge in [-0.05, 0) is 50.2 Å². The molecule has 2 aromatic carbocycles. The average molecular weight is 409 g/mol. The number of aliphatic hydroxyl groups is 1.